The van der Waals surface area contributed by atoms with Crippen molar-refractivity contribution in [3.8, 4) is 5.75 Å². The van der Waals surface area contributed by atoms with Crippen molar-refractivity contribution >= 4 is 10.0 Å². The zero-order chi connectivity index (χ0) is 25.6. The van der Waals surface area contributed by atoms with Crippen molar-refractivity contribution < 1.29 is 31.1 Å². The van der Waals surface area contributed by atoms with Gasteiger partial charge in [-0.2, -0.15) is 17.5 Å². The number of benzene rings is 2. The highest BCUT2D eigenvalue weighted by atomic mass is 32.2. The third-order valence-corrected chi connectivity index (χ3v) is 7.67. The molecule has 4 rings (SSSR count). The van der Waals surface area contributed by atoms with Gasteiger partial charge in [-0.25, -0.2) is 8.42 Å². The molecule has 0 radical (unpaired) electrons. The van der Waals surface area contributed by atoms with Gasteiger partial charge in [0.15, 0.2) is 0 Å². The largest absolute Gasteiger partial charge is 0.493 e. The van der Waals surface area contributed by atoms with E-state index >= 15 is 0 Å². The zero-order valence-electron chi connectivity index (χ0n) is 19.5. The van der Waals surface area contributed by atoms with Crippen LogP contribution in [-0.2, 0) is 33.9 Å². The third-order valence-electron chi connectivity index (χ3n) is 5.87. The molecule has 3 aromatic rings. The lowest BCUT2D eigenvalue weighted by atomic mass is 10.2. The Morgan fingerprint density at radius 3 is 2.53 bits per heavy atom. The Morgan fingerprint density at radius 2 is 1.86 bits per heavy atom. The standard InChI is InChI=1S/C26H27F3N2O4S/c27-26(28,29)21-5-3-8-25(17-21)36(32,33)31(19-24-7-4-15-34-24)18-20-9-11-23(12-10-20)35-16-13-22-6-1-2-14-30-22/h1-3,5-6,8-12,14,17,24H,4,7,13,15-16,18-19H2/t24-/m0/s1. The Balaban J connectivity index is 1.48. The molecule has 1 aromatic heterocycles. The molecule has 2 aromatic carbocycles. The number of sulfonamides is 1. The highest BCUT2D eigenvalue weighted by Gasteiger charge is 2.34. The van der Waals surface area contributed by atoms with Crippen LogP contribution >= 0.6 is 0 Å². The van der Waals surface area contributed by atoms with Crippen LogP contribution in [0.3, 0.4) is 0 Å². The van der Waals surface area contributed by atoms with E-state index in [2.05, 4.69) is 4.98 Å². The minimum absolute atomic E-state index is 0.00729. The fourth-order valence-electron chi connectivity index (χ4n) is 3.96. The maximum atomic E-state index is 13.4. The van der Waals surface area contributed by atoms with Crippen LogP contribution in [0.15, 0.2) is 77.8 Å². The second-order valence-electron chi connectivity index (χ2n) is 8.52. The van der Waals surface area contributed by atoms with Gasteiger partial charge in [-0.15, -0.1) is 0 Å². The predicted octanol–water partition coefficient (Wildman–Crippen LogP) is 5.09. The summed E-state index contributed by atoms with van der Waals surface area (Å²) in [6, 6.07) is 16.5. The van der Waals surface area contributed by atoms with E-state index < -0.39 is 26.7 Å². The van der Waals surface area contributed by atoms with E-state index in [9.17, 15) is 21.6 Å². The van der Waals surface area contributed by atoms with E-state index in [-0.39, 0.29) is 19.2 Å². The number of halogens is 3. The molecule has 10 heteroatoms. The third kappa shape index (κ3) is 6.83. The molecule has 1 aliphatic rings. The van der Waals surface area contributed by atoms with E-state index in [1.165, 1.54) is 10.4 Å². The van der Waals surface area contributed by atoms with Crippen molar-refractivity contribution in [2.75, 3.05) is 19.8 Å². The number of hydrogen-bond donors (Lipinski definition) is 0. The van der Waals surface area contributed by atoms with Crippen LogP contribution in [0.4, 0.5) is 13.2 Å². The summed E-state index contributed by atoms with van der Waals surface area (Å²) in [6.07, 6.45) is -1.08. The molecule has 1 fully saturated rings. The molecule has 192 valence electrons. The lowest BCUT2D eigenvalue weighted by Crippen LogP contribution is -2.37. The zero-order valence-corrected chi connectivity index (χ0v) is 20.3. The van der Waals surface area contributed by atoms with Gasteiger partial charge in [0.25, 0.3) is 0 Å². The van der Waals surface area contributed by atoms with Crippen LogP contribution in [0.2, 0.25) is 0 Å². The lowest BCUT2D eigenvalue weighted by Gasteiger charge is -2.25. The minimum atomic E-state index is -4.64. The van der Waals surface area contributed by atoms with Crippen LogP contribution in [0.5, 0.6) is 5.75 Å². The fraction of sp³-hybridized carbons (Fsp3) is 0.346. The van der Waals surface area contributed by atoms with Gasteiger partial charge >= 0.3 is 6.18 Å². The van der Waals surface area contributed by atoms with Gasteiger partial charge < -0.3 is 9.47 Å². The molecule has 36 heavy (non-hydrogen) atoms. The minimum Gasteiger partial charge on any atom is -0.493 e. The summed E-state index contributed by atoms with van der Waals surface area (Å²) in [5, 5.41) is 0. The lowest BCUT2D eigenvalue weighted by molar-refractivity contribution is -0.137. The van der Waals surface area contributed by atoms with Gasteiger partial charge in [0.1, 0.15) is 5.75 Å². The molecule has 1 saturated heterocycles. The first-order valence-corrected chi connectivity index (χ1v) is 13.1. The average Bonchev–Trinajstić information content (AvgIpc) is 3.38. The molecule has 0 unspecified atom stereocenters. The van der Waals surface area contributed by atoms with Crippen LogP contribution in [0.1, 0.15) is 29.7 Å². The van der Waals surface area contributed by atoms with E-state index in [4.69, 9.17) is 9.47 Å². The Morgan fingerprint density at radius 1 is 1.06 bits per heavy atom. The summed E-state index contributed by atoms with van der Waals surface area (Å²) in [4.78, 5) is 3.85. The van der Waals surface area contributed by atoms with Crippen molar-refractivity contribution in [1.29, 1.82) is 0 Å². The number of hydrogen-bond acceptors (Lipinski definition) is 5. The summed E-state index contributed by atoms with van der Waals surface area (Å²) in [5.74, 6) is 0.626. The smallest absolute Gasteiger partial charge is 0.416 e. The monoisotopic (exact) mass is 520 g/mol. The van der Waals surface area contributed by atoms with E-state index in [0.717, 1.165) is 24.2 Å². The van der Waals surface area contributed by atoms with Gasteiger partial charge in [0.05, 0.1) is 23.2 Å². The Labute approximate surface area is 208 Å². The maximum absolute atomic E-state index is 13.4. The van der Waals surface area contributed by atoms with Crippen molar-refractivity contribution in [3.05, 3.63) is 89.7 Å². The highest BCUT2D eigenvalue weighted by molar-refractivity contribution is 7.89. The summed E-state index contributed by atoms with van der Waals surface area (Å²) in [7, 11) is -4.21. The molecule has 6 nitrogen and oxygen atoms in total. The van der Waals surface area contributed by atoms with Crippen LogP contribution in [0.25, 0.3) is 0 Å². The molecule has 1 aliphatic heterocycles. The molecule has 2 heterocycles. The quantitative estimate of drug-likeness (QED) is 0.373. The van der Waals surface area contributed by atoms with Gasteiger partial charge in [-0.3, -0.25) is 4.98 Å². The van der Waals surface area contributed by atoms with Gasteiger partial charge in [-0.1, -0.05) is 24.3 Å². The molecule has 0 spiro atoms. The second kappa shape index (κ2) is 11.4. The molecule has 1 atom stereocenters. The molecule has 0 N–H and O–H groups in total. The van der Waals surface area contributed by atoms with E-state index in [1.807, 2.05) is 18.2 Å². The summed E-state index contributed by atoms with van der Waals surface area (Å²) >= 11 is 0. The summed E-state index contributed by atoms with van der Waals surface area (Å²) in [5.41, 5.74) is 0.590. The Bertz CT molecular complexity index is 1230. The normalized spacial score (nSPS) is 16.4. The van der Waals surface area contributed by atoms with Crippen molar-refractivity contribution in [3.63, 3.8) is 0 Å². The van der Waals surface area contributed by atoms with Gasteiger partial charge in [0, 0.05) is 38.0 Å². The predicted molar refractivity (Wildman–Crippen MR) is 128 cm³/mol. The molecule has 0 amide bonds. The average molecular weight is 521 g/mol. The first kappa shape index (κ1) is 26.1. The Hall–Kier alpha value is -2.95. The molecular formula is C26H27F3N2O4S. The SMILES string of the molecule is O=S(=O)(c1cccc(C(F)(F)F)c1)N(Cc1ccc(OCCc2ccccn2)cc1)C[C@@H]1CCCO1. The van der Waals surface area contributed by atoms with Crippen molar-refractivity contribution in [2.24, 2.45) is 0 Å². The molecule has 0 saturated carbocycles. The number of rotatable bonds is 10. The summed E-state index contributed by atoms with van der Waals surface area (Å²) in [6.45, 7) is 1.02. The Kier molecular flexibility index (Phi) is 8.28. The number of ether oxygens (including phenoxy) is 2. The number of alkyl halides is 3. The summed E-state index contributed by atoms with van der Waals surface area (Å²) < 4.78 is 79.0. The maximum Gasteiger partial charge on any atom is 0.416 e. The first-order valence-electron chi connectivity index (χ1n) is 11.6. The van der Waals surface area contributed by atoms with Crippen LogP contribution in [-0.4, -0.2) is 43.6 Å². The molecule has 0 bridgehead atoms. The van der Waals surface area contributed by atoms with E-state index in [0.29, 0.717) is 43.4 Å². The second-order valence-corrected chi connectivity index (χ2v) is 10.5. The van der Waals surface area contributed by atoms with Crippen molar-refractivity contribution in [1.82, 2.24) is 9.29 Å². The fourth-order valence-corrected chi connectivity index (χ4v) is 5.47. The van der Waals surface area contributed by atoms with Gasteiger partial charge in [-0.05, 0) is 60.9 Å². The van der Waals surface area contributed by atoms with Crippen LogP contribution < -0.4 is 4.74 Å². The number of nitrogens with zero attached hydrogens (tertiary/aromatic N) is 2. The number of pyridine rings is 1. The topological polar surface area (TPSA) is 68.7 Å². The number of aromatic nitrogens is 1. The van der Waals surface area contributed by atoms with Crippen LogP contribution in [0, 0.1) is 0 Å². The van der Waals surface area contributed by atoms with Crippen molar-refractivity contribution in [2.45, 2.75) is 43.0 Å². The highest BCUT2D eigenvalue weighted by Crippen LogP contribution is 2.32. The molecule has 0 aliphatic carbocycles. The van der Waals surface area contributed by atoms with E-state index in [1.54, 1.807) is 30.5 Å². The van der Waals surface area contributed by atoms with Gasteiger partial charge in [0.2, 0.25) is 10.0 Å². The first-order chi connectivity index (χ1) is 17.2. The molecular weight excluding hydrogens is 493 g/mol.